The minimum atomic E-state index is -0.317. The number of rotatable bonds is 1. The summed E-state index contributed by atoms with van der Waals surface area (Å²) in [6.07, 6.45) is 0. The number of hydrogen-bond acceptors (Lipinski definition) is 1. The zero-order valence-corrected chi connectivity index (χ0v) is 8.37. The van der Waals surface area contributed by atoms with E-state index in [0.29, 0.717) is 11.1 Å². The van der Waals surface area contributed by atoms with Gasteiger partial charge in [0.15, 0.2) is 0 Å². The van der Waals surface area contributed by atoms with Gasteiger partial charge in [0.2, 0.25) is 0 Å². The molecule has 76 valence electrons. The van der Waals surface area contributed by atoms with Crippen LogP contribution in [0.4, 0.5) is 4.39 Å². The summed E-state index contributed by atoms with van der Waals surface area (Å²) in [7, 11) is 0. The quantitative estimate of drug-likeness (QED) is 0.750. The van der Waals surface area contributed by atoms with Gasteiger partial charge in [0, 0.05) is 11.1 Å². The summed E-state index contributed by atoms with van der Waals surface area (Å²) in [6, 6.07) is 11.6. The third kappa shape index (κ3) is 1.71. The molecule has 0 saturated carbocycles. The molecule has 0 aromatic heterocycles. The summed E-state index contributed by atoms with van der Waals surface area (Å²) in [5, 5.41) is 9.70. The van der Waals surface area contributed by atoms with E-state index < -0.39 is 0 Å². The summed E-state index contributed by atoms with van der Waals surface area (Å²) in [5.74, 6) is -0.206. The van der Waals surface area contributed by atoms with Crippen molar-refractivity contribution in [1.82, 2.24) is 0 Å². The Bertz CT molecular complexity index is 471. The zero-order valence-electron chi connectivity index (χ0n) is 8.37. The average Bonchev–Trinajstić information content (AvgIpc) is 2.20. The number of phenols is 1. The predicted molar refractivity (Wildman–Crippen MR) is 58.2 cm³/mol. The maximum atomic E-state index is 13.5. The molecule has 15 heavy (non-hydrogen) atoms. The molecule has 1 N–H and O–H groups in total. The Morgan fingerprint density at radius 1 is 1.00 bits per heavy atom. The van der Waals surface area contributed by atoms with Crippen molar-refractivity contribution >= 4 is 0 Å². The normalized spacial score (nSPS) is 10.3. The first-order chi connectivity index (χ1) is 7.20. The van der Waals surface area contributed by atoms with Gasteiger partial charge in [0.05, 0.1) is 0 Å². The SMILES string of the molecule is Cc1cccc(O)c1-c1ccccc1F. The van der Waals surface area contributed by atoms with Gasteiger partial charge in [-0.1, -0.05) is 30.3 Å². The largest absolute Gasteiger partial charge is 0.507 e. The lowest BCUT2D eigenvalue weighted by atomic mass is 9.99. The average molecular weight is 202 g/mol. The Morgan fingerprint density at radius 3 is 2.40 bits per heavy atom. The highest BCUT2D eigenvalue weighted by molar-refractivity contribution is 5.73. The van der Waals surface area contributed by atoms with Crippen LogP contribution in [0.25, 0.3) is 11.1 Å². The second-order valence-corrected chi connectivity index (χ2v) is 3.45. The van der Waals surface area contributed by atoms with E-state index >= 15 is 0 Å². The Labute approximate surface area is 87.8 Å². The number of halogens is 1. The van der Waals surface area contributed by atoms with Crippen LogP contribution in [0.5, 0.6) is 5.75 Å². The Hall–Kier alpha value is -1.83. The molecule has 0 bridgehead atoms. The standard InChI is InChI=1S/C13H11FO/c1-9-5-4-8-12(15)13(9)10-6-2-3-7-11(10)14/h2-8,15H,1H3. The van der Waals surface area contributed by atoms with Crippen molar-refractivity contribution < 1.29 is 9.50 Å². The van der Waals surface area contributed by atoms with Crippen molar-refractivity contribution in [3.05, 3.63) is 53.8 Å². The van der Waals surface area contributed by atoms with Crippen LogP contribution in [0, 0.1) is 12.7 Å². The Kier molecular flexibility index (Phi) is 2.42. The van der Waals surface area contributed by atoms with Crippen molar-refractivity contribution in [3.63, 3.8) is 0 Å². The number of aromatic hydroxyl groups is 1. The van der Waals surface area contributed by atoms with E-state index in [9.17, 15) is 9.50 Å². The fourth-order valence-electron chi connectivity index (χ4n) is 1.67. The number of phenolic OH excluding ortho intramolecular Hbond substituents is 1. The van der Waals surface area contributed by atoms with Gasteiger partial charge in [-0.05, 0) is 24.6 Å². The molecule has 0 unspecified atom stereocenters. The minimum absolute atomic E-state index is 0.111. The van der Waals surface area contributed by atoms with Gasteiger partial charge >= 0.3 is 0 Å². The summed E-state index contributed by atoms with van der Waals surface area (Å²) in [4.78, 5) is 0. The molecule has 0 saturated heterocycles. The second kappa shape index (κ2) is 3.73. The maximum absolute atomic E-state index is 13.5. The van der Waals surface area contributed by atoms with E-state index in [1.807, 2.05) is 13.0 Å². The molecule has 0 heterocycles. The molecule has 2 aromatic carbocycles. The van der Waals surface area contributed by atoms with Crippen molar-refractivity contribution in [1.29, 1.82) is 0 Å². The van der Waals surface area contributed by atoms with Crippen molar-refractivity contribution in [2.24, 2.45) is 0 Å². The van der Waals surface area contributed by atoms with Crippen LogP contribution in [-0.4, -0.2) is 5.11 Å². The third-order valence-corrected chi connectivity index (χ3v) is 2.39. The third-order valence-electron chi connectivity index (χ3n) is 2.39. The van der Waals surface area contributed by atoms with Crippen LogP contribution in [-0.2, 0) is 0 Å². The van der Waals surface area contributed by atoms with Gasteiger partial charge in [-0.2, -0.15) is 0 Å². The number of benzene rings is 2. The van der Waals surface area contributed by atoms with E-state index in [1.165, 1.54) is 6.07 Å². The first kappa shape index (κ1) is 9.71. The molecule has 2 rings (SSSR count). The molecular formula is C13H11FO. The van der Waals surface area contributed by atoms with E-state index in [-0.39, 0.29) is 11.6 Å². The first-order valence-corrected chi connectivity index (χ1v) is 4.73. The van der Waals surface area contributed by atoms with Gasteiger partial charge < -0.3 is 5.11 Å². The molecule has 0 amide bonds. The minimum Gasteiger partial charge on any atom is -0.507 e. The molecule has 0 aliphatic rings. The molecular weight excluding hydrogens is 191 g/mol. The summed E-state index contributed by atoms with van der Waals surface area (Å²) in [6.45, 7) is 1.85. The molecule has 0 fully saturated rings. The van der Waals surface area contributed by atoms with Crippen LogP contribution in [0.15, 0.2) is 42.5 Å². The Balaban J connectivity index is 2.69. The molecule has 0 aliphatic carbocycles. The van der Waals surface area contributed by atoms with Crippen LogP contribution >= 0.6 is 0 Å². The van der Waals surface area contributed by atoms with E-state index in [1.54, 1.807) is 30.3 Å². The summed E-state index contributed by atoms with van der Waals surface area (Å²) >= 11 is 0. The molecule has 0 aliphatic heterocycles. The lowest BCUT2D eigenvalue weighted by Gasteiger charge is -2.08. The highest BCUT2D eigenvalue weighted by atomic mass is 19.1. The van der Waals surface area contributed by atoms with Gasteiger partial charge in [0.25, 0.3) is 0 Å². The highest BCUT2D eigenvalue weighted by Crippen LogP contribution is 2.33. The van der Waals surface area contributed by atoms with E-state index in [4.69, 9.17) is 0 Å². The maximum Gasteiger partial charge on any atom is 0.131 e. The van der Waals surface area contributed by atoms with E-state index in [2.05, 4.69) is 0 Å². The van der Waals surface area contributed by atoms with Crippen LogP contribution in [0.2, 0.25) is 0 Å². The van der Waals surface area contributed by atoms with E-state index in [0.717, 1.165) is 5.56 Å². The monoisotopic (exact) mass is 202 g/mol. The molecule has 0 radical (unpaired) electrons. The number of hydrogen-bond donors (Lipinski definition) is 1. The highest BCUT2D eigenvalue weighted by Gasteiger charge is 2.10. The van der Waals surface area contributed by atoms with Crippen LogP contribution in [0.3, 0.4) is 0 Å². The topological polar surface area (TPSA) is 20.2 Å². The van der Waals surface area contributed by atoms with Crippen molar-refractivity contribution in [2.45, 2.75) is 6.92 Å². The lowest BCUT2D eigenvalue weighted by Crippen LogP contribution is -1.87. The molecule has 0 spiro atoms. The van der Waals surface area contributed by atoms with Gasteiger partial charge in [0.1, 0.15) is 11.6 Å². The fourth-order valence-corrected chi connectivity index (χ4v) is 1.67. The van der Waals surface area contributed by atoms with Crippen LogP contribution < -0.4 is 0 Å². The first-order valence-electron chi connectivity index (χ1n) is 4.73. The molecule has 2 aromatic rings. The fraction of sp³-hybridized carbons (Fsp3) is 0.0769. The smallest absolute Gasteiger partial charge is 0.131 e. The van der Waals surface area contributed by atoms with Gasteiger partial charge in [-0.25, -0.2) is 4.39 Å². The molecule has 2 heteroatoms. The zero-order chi connectivity index (χ0) is 10.8. The molecule has 1 nitrogen and oxygen atoms in total. The predicted octanol–water partition coefficient (Wildman–Crippen LogP) is 3.51. The van der Waals surface area contributed by atoms with Crippen LogP contribution in [0.1, 0.15) is 5.56 Å². The number of aryl methyl sites for hydroxylation is 1. The van der Waals surface area contributed by atoms with Gasteiger partial charge in [-0.15, -0.1) is 0 Å². The second-order valence-electron chi connectivity index (χ2n) is 3.45. The van der Waals surface area contributed by atoms with Gasteiger partial charge in [-0.3, -0.25) is 0 Å². The summed E-state index contributed by atoms with van der Waals surface area (Å²) < 4.78 is 13.5. The summed E-state index contributed by atoms with van der Waals surface area (Å²) in [5.41, 5.74) is 1.86. The lowest BCUT2D eigenvalue weighted by molar-refractivity contribution is 0.476. The molecule has 0 atom stereocenters. The van der Waals surface area contributed by atoms with Crippen molar-refractivity contribution in [2.75, 3.05) is 0 Å². The Morgan fingerprint density at radius 2 is 1.73 bits per heavy atom. The van der Waals surface area contributed by atoms with Crippen molar-refractivity contribution in [3.8, 4) is 16.9 Å².